The lowest BCUT2D eigenvalue weighted by atomic mass is 9.84. The van der Waals surface area contributed by atoms with E-state index in [1.165, 1.54) is 49.4 Å². The van der Waals surface area contributed by atoms with Crippen molar-refractivity contribution < 1.29 is 18.7 Å². The summed E-state index contributed by atoms with van der Waals surface area (Å²) < 4.78 is 17.3. The molecule has 0 amide bonds. The Morgan fingerprint density at radius 1 is 0.968 bits per heavy atom. The van der Waals surface area contributed by atoms with E-state index in [2.05, 4.69) is 22.3 Å². The Kier molecular flexibility index (Phi) is 5.93. The number of thioether (sulfide) groups is 1. The monoisotopic (exact) mass is 436 g/mol. The van der Waals surface area contributed by atoms with Gasteiger partial charge in [0.2, 0.25) is 6.10 Å². The van der Waals surface area contributed by atoms with Gasteiger partial charge in [0.05, 0.1) is 5.75 Å². The van der Waals surface area contributed by atoms with Crippen molar-refractivity contribution in [2.75, 3.05) is 12.4 Å². The van der Waals surface area contributed by atoms with Gasteiger partial charge in [-0.15, -0.1) is 10.2 Å². The maximum Gasteiger partial charge on any atom is 0.277 e. The predicted octanol–water partition coefficient (Wildman–Crippen LogP) is 5.60. The molecule has 0 radical (unpaired) electrons. The molecule has 0 spiro atoms. The lowest BCUT2D eigenvalue weighted by Crippen LogP contribution is -2.21. The molecule has 0 saturated heterocycles. The fourth-order valence-electron chi connectivity index (χ4n) is 4.14. The van der Waals surface area contributed by atoms with E-state index in [0.717, 1.165) is 0 Å². The van der Waals surface area contributed by atoms with Crippen LogP contribution in [0.4, 0.5) is 0 Å². The molecule has 1 fully saturated rings. The Morgan fingerprint density at radius 3 is 2.55 bits per heavy atom. The predicted molar refractivity (Wildman–Crippen MR) is 117 cm³/mol. The average Bonchev–Trinajstić information content (AvgIpc) is 3.32. The molecule has 1 atom stereocenters. The molecule has 5 rings (SSSR count). The van der Waals surface area contributed by atoms with Crippen molar-refractivity contribution in [2.24, 2.45) is 0 Å². The van der Waals surface area contributed by atoms with E-state index in [1.807, 2.05) is 36.4 Å². The number of para-hydroxylation sites is 2. The number of nitrogens with zero attached hydrogens (tertiary/aromatic N) is 2. The van der Waals surface area contributed by atoms with Crippen LogP contribution in [0.15, 0.2) is 58.2 Å². The highest BCUT2D eigenvalue weighted by Crippen LogP contribution is 2.36. The second kappa shape index (κ2) is 9.14. The number of ether oxygens (including phenoxy) is 2. The topological polar surface area (TPSA) is 74.5 Å². The third-order valence-corrected chi connectivity index (χ3v) is 6.66. The van der Waals surface area contributed by atoms with Crippen LogP contribution >= 0.6 is 11.8 Å². The van der Waals surface area contributed by atoms with Gasteiger partial charge in [-0.05, 0) is 36.5 Å². The first-order valence-corrected chi connectivity index (χ1v) is 11.7. The van der Waals surface area contributed by atoms with Crippen LogP contribution in [0.5, 0.6) is 11.5 Å². The summed E-state index contributed by atoms with van der Waals surface area (Å²) in [6.45, 7) is 0.301. The van der Waals surface area contributed by atoms with Crippen molar-refractivity contribution >= 4 is 17.5 Å². The molecular weight excluding hydrogens is 412 g/mol. The quantitative estimate of drug-likeness (QED) is 0.367. The molecule has 1 aromatic heterocycles. The summed E-state index contributed by atoms with van der Waals surface area (Å²) in [5.41, 5.74) is 2.06. The summed E-state index contributed by atoms with van der Waals surface area (Å²) >= 11 is 1.24. The van der Waals surface area contributed by atoms with Crippen LogP contribution < -0.4 is 9.47 Å². The molecule has 1 unspecified atom stereocenters. The van der Waals surface area contributed by atoms with E-state index in [-0.39, 0.29) is 11.5 Å². The number of benzene rings is 2. The minimum absolute atomic E-state index is 0.0473. The van der Waals surface area contributed by atoms with Crippen molar-refractivity contribution in [3.05, 3.63) is 65.5 Å². The van der Waals surface area contributed by atoms with Gasteiger partial charge in [0, 0.05) is 5.56 Å². The summed E-state index contributed by atoms with van der Waals surface area (Å²) in [6.07, 6.45) is 6.00. The lowest BCUT2D eigenvalue weighted by Gasteiger charge is -2.23. The zero-order valence-electron chi connectivity index (χ0n) is 17.2. The van der Waals surface area contributed by atoms with E-state index >= 15 is 0 Å². The number of carbonyl (C=O) groups excluding carboxylic acids is 1. The highest BCUT2D eigenvalue weighted by molar-refractivity contribution is 7.99. The summed E-state index contributed by atoms with van der Waals surface area (Å²) in [6, 6.07) is 15.6. The molecule has 3 aromatic rings. The fraction of sp³-hybridized carbons (Fsp3) is 0.375. The van der Waals surface area contributed by atoms with E-state index < -0.39 is 6.10 Å². The first kappa shape index (κ1) is 20.1. The number of ketones is 1. The molecule has 7 heteroatoms. The van der Waals surface area contributed by atoms with Crippen LogP contribution in [0.1, 0.15) is 65.9 Å². The fourth-order valence-corrected chi connectivity index (χ4v) is 4.80. The second-order valence-electron chi connectivity index (χ2n) is 7.94. The normalized spacial score (nSPS) is 18.6. The smallest absolute Gasteiger partial charge is 0.277 e. The Balaban J connectivity index is 1.16. The van der Waals surface area contributed by atoms with Gasteiger partial charge in [-0.1, -0.05) is 67.4 Å². The highest BCUT2D eigenvalue weighted by Gasteiger charge is 2.27. The first-order chi connectivity index (χ1) is 15.3. The average molecular weight is 437 g/mol. The van der Waals surface area contributed by atoms with E-state index in [0.29, 0.717) is 40.7 Å². The van der Waals surface area contributed by atoms with Crippen molar-refractivity contribution in [3.63, 3.8) is 0 Å². The molecule has 31 heavy (non-hydrogen) atoms. The number of hydrogen-bond acceptors (Lipinski definition) is 7. The minimum atomic E-state index is -0.459. The van der Waals surface area contributed by atoms with E-state index in [4.69, 9.17) is 13.9 Å². The molecule has 2 aromatic carbocycles. The molecule has 2 aliphatic rings. The van der Waals surface area contributed by atoms with Crippen LogP contribution in [-0.2, 0) is 0 Å². The van der Waals surface area contributed by atoms with Gasteiger partial charge in [0.15, 0.2) is 17.3 Å². The number of carbonyl (C=O) groups is 1. The van der Waals surface area contributed by atoms with Gasteiger partial charge in [0.1, 0.15) is 6.61 Å². The van der Waals surface area contributed by atoms with Crippen LogP contribution in [0.25, 0.3) is 0 Å². The molecule has 6 nitrogen and oxygen atoms in total. The summed E-state index contributed by atoms with van der Waals surface area (Å²) in [5, 5.41) is 8.47. The van der Waals surface area contributed by atoms with Gasteiger partial charge in [0.25, 0.3) is 11.1 Å². The number of Topliss-reactive ketones (excluding diaryl/α,β-unsaturated/α-hetero) is 1. The largest absolute Gasteiger partial charge is 0.485 e. The third-order valence-electron chi connectivity index (χ3n) is 5.84. The Hall–Kier alpha value is -2.80. The Labute approximate surface area is 185 Å². The number of rotatable bonds is 6. The molecular formula is C24H24N2O4S. The lowest BCUT2D eigenvalue weighted by molar-refractivity contribution is 0.0686. The Bertz CT molecular complexity index is 1040. The van der Waals surface area contributed by atoms with E-state index in [1.54, 1.807) is 0 Å². The molecule has 1 aliphatic heterocycles. The van der Waals surface area contributed by atoms with Gasteiger partial charge < -0.3 is 13.9 Å². The second-order valence-corrected chi connectivity index (χ2v) is 8.87. The van der Waals surface area contributed by atoms with Crippen LogP contribution in [0.3, 0.4) is 0 Å². The maximum atomic E-state index is 12.6. The van der Waals surface area contributed by atoms with Crippen molar-refractivity contribution in [1.82, 2.24) is 10.2 Å². The van der Waals surface area contributed by atoms with Crippen molar-refractivity contribution in [1.29, 1.82) is 0 Å². The van der Waals surface area contributed by atoms with Crippen LogP contribution in [0, 0.1) is 0 Å². The molecule has 0 N–H and O–H groups in total. The van der Waals surface area contributed by atoms with E-state index in [9.17, 15) is 4.79 Å². The zero-order chi connectivity index (χ0) is 21.0. The summed E-state index contributed by atoms with van der Waals surface area (Å²) in [4.78, 5) is 12.6. The number of fused-ring (bicyclic) bond motifs is 1. The van der Waals surface area contributed by atoms with Crippen molar-refractivity contribution in [2.45, 2.75) is 49.3 Å². The zero-order valence-corrected chi connectivity index (χ0v) is 18.0. The third kappa shape index (κ3) is 4.61. The molecule has 0 bridgehead atoms. The van der Waals surface area contributed by atoms with Crippen molar-refractivity contribution in [3.8, 4) is 11.5 Å². The number of aromatic nitrogens is 2. The standard InChI is InChI=1S/C24H24N2O4S/c27-19(18-12-10-17(11-13-18)16-6-2-1-3-7-16)15-31-24-26-25-23(30-24)22-14-28-20-8-4-5-9-21(20)29-22/h4-5,8-13,16,22H,1-3,6-7,14-15H2. The minimum Gasteiger partial charge on any atom is -0.485 e. The molecule has 160 valence electrons. The highest BCUT2D eigenvalue weighted by atomic mass is 32.2. The summed E-state index contributed by atoms with van der Waals surface area (Å²) in [7, 11) is 0. The molecule has 2 heterocycles. The van der Waals surface area contributed by atoms with Gasteiger partial charge in [-0.25, -0.2) is 0 Å². The SMILES string of the molecule is O=C(CSc1nnc(C2COc3ccccc3O2)o1)c1ccc(C2CCCCC2)cc1. The van der Waals surface area contributed by atoms with Gasteiger partial charge in [-0.2, -0.15) is 0 Å². The molecule has 1 aliphatic carbocycles. The van der Waals surface area contributed by atoms with Gasteiger partial charge in [-0.3, -0.25) is 4.79 Å². The Morgan fingerprint density at radius 2 is 1.74 bits per heavy atom. The van der Waals surface area contributed by atoms with Gasteiger partial charge >= 0.3 is 0 Å². The molecule has 1 saturated carbocycles. The summed E-state index contributed by atoms with van der Waals surface area (Å²) in [5.74, 6) is 2.63. The number of hydrogen-bond donors (Lipinski definition) is 0. The van der Waals surface area contributed by atoms with Crippen LogP contribution in [0.2, 0.25) is 0 Å². The van der Waals surface area contributed by atoms with Crippen LogP contribution in [-0.4, -0.2) is 28.3 Å². The maximum absolute atomic E-state index is 12.6. The first-order valence-electron chi connectivity index (χ1n) is 10.7.